The number of methoxy groups -OCH3 is 1. The number of nitrogens with two attached hydrogens (primary N) is 1. The highest BCUT2D eigenvalue weighted by Crippen LogP contribution is 2.36. The van der Waals surface area contributed by atoms with Crippen molar-refractivity contribution in [2.75, 3.05) is 37.4 Å². The minimum Gasteiger partial charge on any atom is -0.481 e. The normalized spacial score (nSPS) is 27.9. The van der Waals surface area contributed by atoms with E-state index in [1.54, 1.807) is 13.2 Å². The van der Waals surface area contributed by atoms with Gasteiger partial charge in [0.2, 0.25) is 11.8 Å². The molecule has 3 heterocycles. The van der Waals surface area contributed by atoms with Gasteiger partial charge >= 0.3 is 0 Å². The number of hydrogen-bond acceptors (Lipinski definition) is 8. The molecular weight excluding hydrogens is 288 g/mol. The van der Waals surface area contributed by atoms with Gasteiger partial charge in [0, 0.05) is 25.6 Å². The van der Waals surface area contributed by atoms with Gasteiger partial charge in [0.15, 0.2) is 0 Å². The molecule has 0 amide bonds. The van der Waals surface area contributed by atoms with E-state index in [4.69, 9.17) is 15.2 Å². The molecule has 1 spiro atoms. The standard InChI is InChI=1S/C14H22N4O4/c1-21-12-6-11(16-13(15)17-12)18-4-2-14(3-5-18)7-9(19)10(20)8-22-14/h6,9-10,19-20H,2-5,7-8H2,1H3,(H2,15,16,17)/t9-,10+/m1/s1. The summed E-state index contributed by atoms with van der Waals surface area (Å²) in [5.74, 6) is 1.35. The van der Waals surface area contributed by atoms with E-state index in [0.717, 1.165) is 31.7 Å². The topological polar surface area (TPSA) is 114 Å². The summed E-state index contributed by atoms with van der Waals surface area (Å²) in [5, 5.41) is 19.5. The lowest BCUT2D eigenvalue weighted by Gasteiger charge is -2.46. The van der Waals surface area contributed by atoms with E-state index < -0.39 is 12.2 Å². The van der Waals surface area contributed by atoms with Crippen LogP contribution in [0.5, 0.6) is 5.88 Å². The molecular formula is C14H22N4O4. The molecule has 2 fully saturated rings. The number of anilines is 2. The van der Waals surface area contributed by atoms with Crippen molar-refractivity contribution in [2.45, 2.75) is 37.1 Å². The van der Waals surface area contributed by atoms with E-state index in [1.165, 1.54) is 0 Å². The molecule has 22 heavy (non-hydrogen) atoms. The van der Waals surface area contributed by atoms with Crippen LogP contribution < -0.4 is 15.4 Å². The fraction of sp³-hybridized carbons (Fsp3) is 0.714. The molecule has 2 atom stereocenters. The van der Waals surface area contributed by atoms with E-state index in [2.05, 4.69) is 14.9 Å². The second-order valence-electron chi connectivity index (χ2n) is 5.95. The second kappa shape index (κ2) is 5.86. The number of hydrogen-bond donors (Lipinski definition) is 3. The summed E-state index contributed by atoms with van der Waals surface area (Å²) in [6, 6.07) is 1.76. The fourth-order valence-corrected chi connectivity index (χ4v) is 3.14. The number of aliphatic hydroxyl groups excluding tert-OH is 2. The fourth-order valence-electron chi connectivity index (χ4n) is 3.14. The molecule has 0 aromatic carbocycles. The molecule has 0 bridgehead atoms. The average Bonchev–Trinajstić information content (AvgIpc) is 2.51. The number of aromatic nitrogens is 2. The quantitative estimate of drug-likeness (QED) is 0.673. The summed E-state index contributed by atoms with van der Waals surface area (Å²) >= 11 is 0. The smallest absolute Gasteiger partial charge is 0.225 e. The van der Waals surface area contributed by atoms with Crippen molar-refractivity contribution in [3.63, 3.8) is 0 Å². The third-order valence-corrected chi connectivity index (χ3v) is 4.50. The highest BCUT2D eigenvalue weighted by molar-refractivity contribution is 5.46. The van der Waals surface area contributed by atoms with Gasteiger partial charge in [0.05, 0.1) is 25.4 Å². The summed E-state index contributed by atoms with van der Waals surface area (Å²) < 4.78 is 10.9. The lowest BCUT2D eigenvalue weighted by molar-refractivity contribution is -0.178. The monoisotopic (exact) mass is 310 g/mol. The number of rotatable bonds is 2. The maximum Gasteiger partial charge on any atom is 0.225 e. The zero-order valence-electron chi connectivity index (χ0n) is 12.6. The molecule has 2 aliphatic rings. The Balaban J connectivity index is 1.68. The number of ether oxygens (including phenoxy) is 2. The van der Waals surface area contributed by atoms with Gasteiger partial charge in [-0.25, -0.2) is 0 Å². The maximum absolute atomic E-state index is 9.89. The van der Waals surface area contributed by atoms with Crippen molar-refractivity contribution in [1.29, 1.82) is 0 Å². The molecule has 0 radical (unpaired) electrons. The van der Waals surface area contributed by atoms with Gasteiger partial charge in [0.1, 0.15) is 11.9 Å². The number of piperidine rings is 1. The SMILES string of the molecule is COc1cc(N2CCC3(CC2)C[C@@H](O)[C@@H](O)CO3)nc(N)n1. The van der Waals surface area contributed by atoms with Gasteiger partial charge < -0.3 is 30.3 Å². The van der Waals surface area contributed by atoms with Crippen LogP contribution in [0.2, 0.25) is 0 Å². The highest BCUT2D eigenvalue weighted by Gasteiger charge is 2.43. The molecule has 122 valence electrons. The van der Waals surface area contributed by atoms with Gasteiger partial charge in [-0.05, 0) is 12.8 Å². The highest BCUT2D eigenvalue weighted by atomic mass is 16.5. The van der Waals surface area contributed by atoms with E-state index in [9.17, 15) is 10.2 Å². The Hall–Kier alpha value is -1.64. The minimum atomic E-state index is -0.783. The van der Waals surface area contributed by atoms with Crippen LogP contribution in [0.1, 0.15) is 19.3 Å². The lowest BCUT2D eigenvalue weighted by Crippen LogP contribution is -2.54. The number of nitrogens with zero attached hydrogens (tertiary/aromatic N) is 3. The minimum absolute atomic E-state index is 0.182. The predicted octanol–water partition coefficient (Wildman–Crippen LogP) is -0.451. The van der Waals surface area contributed by atoms with Crippen molar-refractivity contribution in [2.24, 2.45) is 0 Å². The van der Waals surface area contributed by atoms with Gasteiger partial charge in [0.25, 0.3) is 0 Å². The Morgan fingerprint density at radius 3 is 2.68 bits per heavy atom. The Labute approximate surface area is 128 Å². The van der Waals surface area contributed by atoms with Crippen molar-refractivity contribution < 1.29 is 19.7 Å². The average molecular weight is 310 g/mol. The van der Waals surface area contributed by atoms with Crippen LogP contribution in [0.25, 0.3) is 0 Å². The first kappa shape index (κ1) is 15.3. The van der Waals surface area contributed by atoms with E-state index in [1.807, 2.05) is 0 Å². The van der Waals surface area contributed by atoms with E-state index in [-0.39, 0.29) is 18.2 Å². The molecule has 2 aliphatic heterocycles. The van der Waals surface area contributed by atoms with Crippen LogP contribution in [0.4, 0.5) is 11.8 Å². The Morgan fingerprint density at radius 2 is 2.05 bits per heavy atom. The molecule has 8 heteroatoms. The van der Waals surface area contributed by atoms with E-state index in [0.29, 0.717) is 12.3 Å². The Bertz CT molecular complexity index is 534. The van der Waals surface area contributed by atoms with Crippen LogP contribution in [0, 0.1) is 0 Å². The molecule has 0 saturated carbocycles. The molecule has 0 aliphatic carbocycles. The lowest BCUT2D eigenvalue weighted by atomic mass is 9.82. The zero-order chi connectivity index (χ0) is 15.7. The first-order valence-corrected chi connectivity index (χ1v) is 7.45. The van der Waals surface area contributed by atoms with Gasteiger partial charge in [-0.2, -0.15) is 9.97 Å². The zero-order valence-corrected chi connectivity index (χ0v) is 12.6. The second-order valence-corrected chi connectivity index (χ2v) is 5.95. The molecule has 1 aromatic heterocycles. The van der Waals surface area contributed by atoms with Crippen molar-refractivity contribution in [3.8, 4) is 5.88 Å². The number of aliphatic hydroxyl groups is 2. The first-order valence-electron chi connectivity index (χ1n) is 7.45. The van der Waals surface area contributed by atoms with Crippen LogP contribution in [-0.2, 0) is 4.74 Å². The van der Waals surface area contributed by atoms with Gasteiger partial charge in [-0.3, -0.25) is 0 Å². The third-order valence-electron chi connectivity index (χ3n) is 4.50. The summed E-state index contributed by atoms with van der Waals surface area (Å²) in [5.41, 5.74) is 5.35. The summed E-state index contributed by atoms with van der Waals surface area (Å²) in [6.07, 6.45) is 0.508. The van der Waals surface area contributed by atoms with Crippen LogP contribution >= 0.6 is 0 Å². The van der Waals surface area contributed by atoms with E-state index >= 15 is 0 Å². The Morgan fingerprint density at radius 1 is 1.32 bits per heavy atom. The molecule has 3 rings (SSSR count). The van der Waals surface area contributed by atoms with Crippen LogP contribution in [0.15, 0.2) is 6.07 Å². The summed E-state index contributed by atoms with van der Waals surface area (Å²) in [6.45, 7) is 1.67. The van der Waals surface area contributed by atoms with Crippen LogP contribution in [-0.4, -0.2) is 64.8 Å². The third kappa shape index (κ3) is 2.94. The maximum atomic E-state index is 9.89. The molecule has 4 N–H and O–H groups in total. The van der Waals surface area contributed by atoms with Gasteiger partial charge in [-0.1, -0.05) is 0 Å². The summed E-state index contributed by atoms with van der Waals surface area (Å²) in [7, 11) is 1.54. The van der Waals surface area contributed by atoms with Crippen molar-refractivity contribution >= 4 is 11.8 Å². The molecule has 1 aromatic rings. The first-order chi connectivity index (χ1) is 10.5. The predicted molar refractivity (Wildman–Crippen MR) is 79.8 cm³/mol. The molecule has 2 saturated heterocycles. The summed E-state index contributed by atoms with van der Waals surface area (Å²) in [4.78, 5) is 10.3. The van der Waals surface area contributed by atoms with Crippen molar-refractivity contribution in [1.82, 2.24) is 9.97 Å². The molecule has 8 nitrogen and oxygen atoms in total. The number of nitrogen functional groups attached to an aromatic ring is 1. The van der Waals surface area contributed by atoms with Crippen molar-refractivity contribution in [3.05, 3.63) is 6.07 Å². The van der Waals surface area contributed by atoms with Crippen LogP contribution in [0.3, 0.4) is 0 Å². The largest absolute Gasteiger partial charge is 0.481 e. The molecule has 0 unspecified atom stereocenters. The Kier molecular flexibility index (Phi) is 4.07. The van der Waals surface area contributed by atoms with Gasteiger partial charge in [-0.15, -0.1) is 0 Å².